The largest absolute Gasteiger partial charge is 0.368 e. The van der Waals surface area contributed by atoms with Crippen molar-refractivity contribution in [2.75, 3.05) is 6.54 Å². The first-order valence-corrected chi connectivity index (χ1v) is 6.77. The Morgan fingerprint density at radius 2 is 2.05 bits per heavy atom. The van der Waals surface area contributed by atoms with Crippen LogP contribution in [0.1, 0.15) is 41.7 Å². The van der Waals surface area contributed by atoms with Crippen LogP contribution >= 0.6 is 0 Å². The van der Waals surface area contributed by atoms with E-state index >= 15 is 0 Å². The van der Waals surface area contributed by atoms with Crippen LogP contribution in [-0.4, -0.2) is 34.3 Å². The van der Waals surface area contributed by atoms with Crippen LogP contribution in [0.15, 0.2) is 17.1 Å². The fourth-order valence-electron chi connectivity index (χ4n) is 2.65. The van der Waals surface area contributed by atoms with Crippen LogP contribution in [-0.2, 0) is 4.79 Å². The van der Waals surface area contributed by atoms with Gasteiger partial charge in [0.1, 0.15) is 5.56 Å². The molecule has 1 aromatic rings. The normalized spacial score (nSPS) is 15.2. The van der Waals surface area contributed by atoms with Gasteiger partial charge in [-0.2, -0.15) is 0 Å². The maximum atomic E-state index is 12.5. The number of amides is 2. The molecule has 1 saturated carbocycles. The first-order chi connectivity index (χ1) is 9.49. The molecule has 6 heteroatoms. The molecule has 0 saturated heterocycles. The van der Waals surface area contributed by atoms with Gasteiger partial charge in [-0.3, -0.25) is 14.4 Å². The maximum absolute atomic E-state index is 12.5. The Morgan fingerprint density at radius 3 is 2.60 bits per heavy atom. The molecule has 1 fully saturated rings. The van der Waals surface area contributed by atoms with Crippen molar-refractivity contribution in [3.63, 3.8) is 0 Å². The number of rotatable bonds is 4. The molecule has 0 atom stereocenters. The zero-order valence-electron chi connectivity index (χ0n) is 11.5. The van der Waals surface area contributed by atoms with E-state index in [2.05, 4.69) is 4.98 Å². The lowest BCUT2D eigenvalue weighted by atomic mass is 10.1. The average Bonchev–Trinajstić information content (AvgIpc) is 2.88. The maximum Gasteiger partial charge on any atom is 0.260 e. The standard InChI is InChI=1S/C14H19N3O3/c1-9-6-12(18)11(7-16-9)14(20)17(8-13(15)19)10-4-2-3-5-10/h6-7,10H,2-5,8H2,1H3,(H2,15,19)(H,16,18). The number of hydrogen-bond acceptors (Lipinski definition) is 3. The summed E-state index contributed by atoms with van der Waals surface area (Å²) in [6.45, 7) is 1.60. The van der Waals surface area contributed by atoms with Crippen LogP contribution in [0, 0.1) is 6.92 Å². The van der Waals surface area contributed by atoms with Crippen molar-refractivity contribution in [1.82, 2.24) is 9.88 Å². The number of nitrogens with one attached hydrogen (secondary N) is 1. The molecule has 20 heavy (non-hydrogen) atoms. The molecule has 1 aromatic heterocycles. The molecule has 2 amide bonds. The molecule has 1 aliphatic rings. The van der Waals surface area contributed by atoms with Gasteiger partial charge >= 0.3 is 0 Å². The van der Waals surface area contributed by atoms with E-state index in [0.29, 0.717) is 5.69 Å². The van der Waals surface area contributed by atoms with E-state index in [-0.39, 0.29) is 23.6 Å². The third-order valence-electron chi connectivity index (χ3n) is 3.64. The fraction of sp³-hybridized carbons (Fsp3) is 0.500. The Hall–Kier alpha value is -2.11. The number of primary amides is 1. The summed E-state index contributed by atoms with van der Waals surface area (Å²) in [6.07, 6.45) is 5.16. The van der Waals surface area contributed by atoms with E-state index < -0.39 is 11.8 Å². The van der Waals surface area contributed by atoms with Crippen LogP contribution in [0.5, 0.6) is 0 Å². The molecule has 0 radical (unpaired) electrons. The van der Waals surface area contributed by atoms with Gasteiger partial charge in [-0.05, 0) is 19.8 Å². The second-order valence-electron chi connectivity index (χ2n) is 5.23. The molecule has 1 heterocycles. The molecule has 0 aliphatic heterocycles. The fourth-order valence-corrected chi connectivity index (χ4v) is 2.65. The van der Waals surface area contributed by atoms with Crippen LogP contribution in [0.4, 0.5) is 0 Å². The Kier molecular flexibility index (Phi) is 4.22. The number of aryl methyl sites for hydroxylation is 1. The minimum atomic E-state index is -0.561. The smallest absolute Gasteiger partial charge is 0.260 e. The van der Waals surface area contributed by atoms with Crippen LogP contribution in [0.3, 0.4) is 0 Å². The number of hydrogen-bond donors (Lipinski definition) is 2. The molecule has 108 valence electrons. The van der Waals surface area contributed by atoms with Gasteiger partial charge < -0.3 is 15.6 Å². The lowest BCUT2D eigenvalue weighted by Crippen LogP contribution is -2.45. The Bertz CT molecular complexity index is 573. The molecular weight excluding hydrogens is 258 g/mol. The zero-order chi connectivity index (χ0) is 14.7. The van der Waals surface area contributed by atoms with E-state index in [4.69, 9.17) is 5.73 Å². The van der Waals surface area contributed by atoms with Gasteiger partial charge in [-0.15, -0.1) is 0 Å². The van der Waals surface area contributed by atoms with Crippen molar-refractivity contribution in [3.8, 4) is 0 Å². The first kappa shape index (κ1) is 14.3. The number of aromatic nitrogens is 1. The number of H-pyrrole nitrogens is 1. The lowest BCUT2D eigenvalue weighted by molar-refractivity contribution is -0.119. The number of aromatic amines is 1. The zero-order valence-corrected chi connectivity index (χ0v) is 11.5. The molecular formula is C14H19N3O3. The molecule has 0 spiro atoms. The number of pyridine rings is 1. The summed E-state index contributed by atoms with van der Waals surface area (Å²) in [7, 11) is 0. The number of carbonyl (C=O) groups is 2. The van der Waals surface area contributed by atoms with Gasteiger partial charge in [0.15, 0.2) is 5.43 Å². The summed E-state index contributed by atoms with van der Waals surface area (Å²) in [4.78, 5) is 39.9. The summed E-state index contributed by atoms with van der Waals surface area (Å²) in [5.41, 5.74) is 5.63. The minimum absolute atomic E-state index is 0.00398. The molecule has 0 unspecified atom stereocenters. The highest BCUT2D eigenvalue weighted by molar-refractivity contribution is 5.96. The molecule has 3 N–H and O–H groups in total. The summed E-state index contributed by atoms with van der Waals surface area (Å²) in [5.74, 6) is -0.981. The summed E-state index contributed by atoms with van der Waals surface area (Å²) >= 11 is 0. The Labute approximate surface area is 117 Å². The highest BCUT2D eigenvalue weighted by Crippen LogP contribution is 2.24. The Morgan fingerprint density at radius 1 is 1.40 bits per heavy atom. The van der Waals surface area contributed by atoms with Gasteiger partial charge in [0, 0.05) is 24.0 Å². The van der Waals surface area contributed by atoms with Gasteiger partial charge in [0.05, 0.1) is 6.54 Å². The van der Waals surface area contributed by atoms with Gasteiger partial charge in [-0.1, -0.05) is 12.8 Å². The van der Waals surface area contributed by atoms with E-state index in [1.54, 1.807) is 6.92 Å². The van der Waals surface area contributed by atoms with Gasteiger partial charge in [0.2, 0.25) is 5.91 Å². The molecule has 0 aromatic carbocycles. The predicted molar refractivity (Wildman–Crippen MR) is 74.3 cm³/mol. The van der Waals surface area contributed by atoms with Crippen molar-refractivity contribution in [2.45, 2.75) is 38.6 Å². The van der Waals surface area contributed by atoms with E-state index in [1.807, 2.05) is 0 Å². The first-order valence-electron chi connectivity index (χ1n) is 6.77. The lowest BCUT2D eigenvalue weighted by Gasteiger charge is -2.27. The van der Waals surface area contributed by atoms with Crippen molar-refractivity contribution < 1.29 is 9.59 Å². The topological polar surface area (TPSA) is 96.3 Å². The van der Waals surface area contributed by atoms with Crippen molar-refractivity contribution in [3.05, 3.63) is 33.7 Å². The van der Waals surface area contributed by atoms with Crippen molar-refractivity contribution >= 4 is 11.8 Å². The summed E-state index contributed by atoms with van der Waals surface area (Å²) < 4.78 is 0. The van der Waals surface area contributed by atoms with E-state index in [9.17, 15) is 14.4 Å². The summed E-state index contributed by atoms with van der Waals surface area (Å²) in [5, 5.41) is 0. The number of carbonyl (C=O) groups excluding carboxylic acids is 2. The van der Waals surface area contributed by atoms with E-state index in [1.165, 1.54) is 17.2 Å². The number of nitrogens with two attached hydrogens (primary N) is 1. The molecule has 0 bridgehead atoms. The minimum Gasteiger partial charge on any atom is -0.368 e. The van der Waals surface area contributed by atoms with Crippen LogP contribution in [0.25, 0.3) is 0 Å². The van der Waals surface area contributed by atoms with Gasteiger partial charge in [0.25, 0.3) is 5.91 Å². The van der Waals surface area contributed by atoms with Gasteiger partial charge in [-0.25, -0.2) is 0 Å². The predicted octanol–water partition coefficient (Wildman–Crippen LogP) is 0.553. The molecule has 2 rings (SSSR count). The average molecular weight is 277 g/mol. The second-order valence-corrected chi connectivity index (χ2v) is 5.23. The van der Waals surface area contributed by atoms with Crippen molar-refractivity contribution in [2.24, 2.45) is 5.73 Å². The Balaban J connectivity index is 2.29. The number of nitrogens with zero attached hydrogens (tertiary/aromatic N) is 1. The monoisotopic (exact) mass is 277 g/mol. The third kappa shape index (κ3) is 3.07. The third-order valence-corrected chi connectivity index (χ3v) is 3.64. The quantitative estimate of drug-likeness (QED) is 0.841. The van der Waals surface area contributed by atoms with E-state index in [0.717, 1.165) is 25.7 Å². The highest BCUT2D eigenvalue weighted by atomic mass is 16.2. The summed E-state index contributed by atoms with van der Waals surface area (Å²) in [6, 6.07) is 1.38. The van der Waals surface area contributed by atoms with Crippen LogP contribution < -0.4 is 11.2 Å². The molecule has 6 nitrogen and oxygen atoms in total. The molecule has 1 aliphatic carbocycles. The van der Waals surface area contributed by atoms with Crippen molar-refractivity contribution in [1.29, 1.82) is 0 Å². The SMILES string of the molecule is Cc1cc(=O)c(C(=O)N(CC(N)=O)C2CCCC2)c[nH]1. The van der Waals surface area contributed by atoms with Crippen LogP contribution in [0.2, 0.25) is 0 Å². The second kappa shape index (κ2) is 5.90. The highest BCUT2D eigenvalue weighted by Gasteiger charge is 2.29.